The first-order valence-electron chi connectivity index (χ1n) is 10.4. The summed E-state index contributed by atoms with van der Waals surface area (Å²) < 4.78 is 10.9. The number of ketones is 1. The zero-order valence-electron chi connectivity index (χ0n) is 17.7. The second-order valence-corrected chi connectivity index (χ2v) is 7.93. The molecule has 1 heterocycles. The average molecular weight is 405 g/mol. The van der Waals surface area contributed by atoms with Crippen molar-refractivity contribution in [1.29, 1.82) is 0 Å². The number of hydrogen-bond donors (Lipinski definition) is 1. The molecule has 156 valence electrons. The highest BCUT2D eigenvalue weighted by Gasteiger charge is 2.39. The Morgan fingerprint density at radius 1 is 0.967 bits per heavy atom. The molecule has 0 fully saturated rings. The molecule has 30 heavy (non-hydrogen) atoms. The molecule has 2 aromatic rings. The van der Waals surface area contributed by atoms with E-state index in [1.54, 1.807) is 14.2 Å². The topological polar surface area (TPSA) is 64.6 Å². The van der Waals surface area contributed by atoms with Crippen LogP contribution in [0.2, 0.25) is 0 Å². The van der Waals surface area contributed by atoms with Crippen LogP contribution in [0.25, 0.3) is 0 Å². The number of Topliss-reactive ketones (excluding diaryl/α,β-unsaturated/α-hetero) is 1. The summed E-state index contributed by atoms with van der Waals surface area (Å²) in [4.78, 5) is 25.9. The summed E-state index contributed by atoms with van der Waals surface area (Å²) in [5.41, 5.74) is 4.70. The van der Waals surface area contributed by atoms with Gasteiger partial charge in [0.15, 0.2) is 5.78 Å². The summed E-state index contributed by atoms with van der Waals surface area (Å²) in [7, 11) is 3.20. The monoisotopic (exact) mass is 405 g/mol. The fourth-order valence-corrected chi connectivity index (χ4v) is 4.60. The second kappa shape index (κ2) is 8.34. The van der Waals surface area contributed by atoms with Crippen LogP contribution < -0.4 is 14.8 Å². The van der Waals surface area contributed by atoms with Crippen molar-refractivity contribution in [3.63, 3.8) is 0 Å². The average Bonchev–Trinajstić information content (AvgIpc) is 2.77. The molecule has 2 aliphatic rings. The van der Waals surface area contributed by atoms with E-state index in [0.717, 1.165) is 23.2 Å². The summed E-state index contributed by atoms with van der Waals surface area (Å²) in [6.07, 6.45) is 2.31. The molecular formula is C25H27NO4. The van der Waals surface area contributed by atoms with Crippen molar-refractivity contribution >= 4 is 11.7 Å². The predicted molar refractivity (Wildman–Crippen MR) is 115 cm³/mol. The van der Waals surface area contributed by atoms with Gasteiger partial charge in [0.25, 0.3) is 0 Å². The van der Waals surface area contributed by atoms with E-state index in [-0.39, 0.29) is 29.9 Å². The number of carbonyl (C=O) groups is 2. The SMILES string of the molecule is CCc1ccc(C2CC(=O)C3=C(C2)NC(=O)CC3c2cc(OC)ccc2OC)cc1. The van der Waals surface area contributed by atoms with Crippen molar-refractivity contribution < 1.29 is 19.1 Å². The molecule has 0 bridgehead atoms. The normalized spacial score (nSPS) is 21.2. The van der Waals surface area contributed by atoms with Gasteiger partial charge >= 0.3 is 0 Å². The summed E-state index contributed by atoms with van der Waals surface area (Å²) in [6.45, 7) is 2.13. The minimum atomic E-state index is -0.324. The van der Waals surface area contributed by atoms with Crippen molar-refractivity contribution in [3.8, 4) is 11.5 Å². The lowest BCUT2D eigenvalue weighted by Gasteiger charge is -2.35. The molecule has 0 saturated carbocycles. The van der Waals surface area contributed by atoms with Gasteiger partial charge in [-0.15, -0.1) is 0 Å². The third kappa shape index (κ3) is 3.72. The van der Waals surface area contributed by atoms with Gasteiger partial charge in [-0.25, -0.2) is 0 Å². The number of aryl methyl sites for hydroxylation is 1. The predicted octanol–water partition coefficient (Wildman–Crippen LogP) is 4.27. The number of nitrogens with one attached hydrogen (secondary N) is 1. The molecule has 5 nitrogen and oxygen atoms in total. The van der Waals surface area contributed by atoms with Crippen LogP contribution in [0.1, 0.15) is 54.7 Å². The molecule has 2 aromatic carbocycles. The Bertz CT molecular complexity index is 1010. The van der Waals surface area contributed by atoms with Crippen molar-refractivity contribution in [3.05, 3.63) is 70.4 Å². The molecule has 1 aliphatic heterocycles. The van der Waals surface area contributed by atoms with E-state index in [2.05, 4.69) is 36.5 Å². The highest BCUT2D eigenvalue weighted by molar-refractivity contribution is 6.02. The maximum absolute atomic E-state index is 13.3. The quantitative estimate of drug-likeness (QED) is 0.807. The largest absolute Gasteiger partial charge is 0.497 e. The first-order chi connectivity index (χ1) is 14.5. The Balaban J connectivity index is 1.72. The number of carbonyl (C=O) groups excluding carboxylic acids is 2. The van der Waals surface area contributed by atoms with E-state index in [1.807, 2.05) is 18.2 Å². The molecule has 2 atom stereocenters. The summed E-state index contributed by atoms with van der Waals surface area (Å²) in [6, 6.07) is 14.0. The van der Waals surface area contributed by atoms with Crippen LogP contribution >= 0.6 is 0 Å². The number of rotatable bonds is 5. The Kier molecular flexibility index (Phi) is 5.62. The molecule has 4 rings (SSSR count). The number of hydrogen-bond acceptors (Lipinski definition) is 4. The van der Waals surface area contributed by atoms with Crippen molar-refractivity contribution in [2.75, 3.05) is 14.2 Å². The first-order valence-corrected chi connectivity index (χ1v) is 10.4. The third-order valence-electron chi connectivity index (χ3n) is 6.21. The van der Waals surface area contributed by atoms with E-state index in [0.29, 0.717) is 29.9 Å². The first kappa shape index (κ1) is 20.2. The molecule has 1 aliphatic carbocycles. The summed E-state index contributed by atoms with van der Waals surface area (Å²) in [5.74, 6) is 1.11. The van der Waals surface area contributed by atoms with E-state index in [4.69, 9.17) is 9.47 Å². The molecule has 1 amide bonds. The van der Waals surface area contributed by atoms with E-state index in [1.165, 1.54) is 5.56 Å². The fraction of sp³-hybridized carbons (Fsp3) is 0.360. The van der Waals surface area contributed by atoms with Gasteiger partial charge in [0.1, 0.15) is 11.5 Å². The van der Waals surface area contributed by atoms with Crippen LogP contribution in [0.15, 0.2) is 53.7 Å². The van der Waals surface area contributed by atoms with Gasteiger partial charge in [0, 0.05) is 35.6 Å². The Labute approximate surface area is 177 Å². The van der Waals surface area contributed by atoms with Crippen molar-refractivity contribution in [1.82, 2.24) is 5.32 Å². The van der Waals surface area contributed by atoms with Crippen molar-refractivity contribution in [2.24, 2.45) is 0 Å². The number of methoxy groups -OCH3 is 2. The molecule has 0 spiro atoms. The minimum absolute atomic E-state index is 0.0709. The third-order valence-corrected chi connectivity index (χ3v) is 6.21. The van der Waals surface area contributed by atoms with E-state index < -0.39 is 0 Å². The van der Waals surface area contributed by atoms with Gasteiger partial charge in [-0.05, 0) is 48.1 Å². The number of amides is 1. The molecule has 2 unspecified atom stereocenters. The van der Waals surface area contributed by atoms with Crippen LogP contribution in [0.5, 0.6) is 11.5 Å². The zero-order chi connectivity index (χ0) is 21.3. The Hall–Kier alpha value is -3.08. The lowest BCUT2D eigenvalue weighted by Crippen LogP contribution is -2.38. The lowest BCUT2D eigenvalue weighted by molar-refractivity contribution is -0.122. The van der Waals surface area contributed by atoms with Crippen LogP contribution in [0.4, 0.5) is 0 Å². The van der Waals surface area contributed by atoms with E-state index >= 15 is 0 Å². The lowest BCUT2D eigenvalue weighted by atomic mass is 9.73. The van der Waals surface area contributed by atoms with Crippen LogP contribution in [-0.4, -0.2) is 25.9 Å². The maximum atomic E-state index is 13.3. The molecule has 0 radical (unpaired) electrons. The smallest absolute Gasteiger partial charge is 0.225 e. The van der Waals surface area contributed by atoms with Crippen LogP contribution in [-0.2, 0) is 16.0 Å². The molecule has 0 aromatic heterocycles. The summed E-state index contributed by atoms with van der Waals surface area (Å²) in [5, 5.41) is 2.98. The highest BCUT2D eigenvalue weighted by Crippen LogP contribution is 2.45. The Morgan fingerprint density at radius 3 is 2.40 bits per heavy atom. The Morgan fingerprint density at radius 2 is 1.73 bits per heavy atom. The minimum Gasteiger partial charge on any atom is -0.497 e. The fourth-order valence-electron chi connectivity index (χ4n) is 4.60. The van der Waals surface area contributed by atoms with Gasteiger partial charge < -0.3 is 14.8 Å². The number of benzene rings is 2. The molecular weight excluding hydrogens is 378 g/mol. The molecule has 0 saturated heterocycles. The highest BCUT2D eigenvalue weighted by atomic mass is 16.5. The number of ether oxygens (including phenoxy) is 2. The number of allylic oxidation sites excluding steroid dienone is 2. The van der Waals surface area contributed by atoms with E-state index in [9.17, 15) is 9.59 Å². The maximum Gasteiger partial charge on any atom is 0.225 e. The summed E-state index contributed by atoms with van der Waals surface area (Å²) >= 11 is 0. The van der Waals surface area contributed by atoms with Gasteiger partial charge in [0.2, 0.25) is 5.91 Å². The standard InChI is InChI=1S/C25H27NO4/c1-4-15-5-7-16(8-6-15)17-11-21-25(22(27)12-17)20(14-24(28)26-21)19-13-18(29-2)9-10-23(19)30-3/h5-10,13,17,20H,4,11-12,14H2,1-3H3,(H,26,28). The van der Waals surface area contributed by atoms with Crippen molar-refractivity contribution in [2.45, 2.75) is 44.4 Å². The molecule has 1 N–H and O–H groups in total. The second-order valence-electron chi connectivity index (χ2n) is 7.93. The van der Waals surface area contributed by atoms with Crippen LogP contribution in [0.3, 0.4) is 0 Å². The zero-order valence-corrected chi connectivity index (χ0v) is 17.7. The van der Waals surface area contributed by atoms with Crippen LogP contribution in [0, 0.1) is 0 Å². The van der Waals surface area contributed by atoms with Gasteiger partial charge in [-0.2, -0.15) is 0 Å². The molecule has 5 heteroatoms. The van der Waals surface area contributed by atoms with Gasteiger partial charge in [-0.3, -0.25) is 9.59 Å². The van der Waals surface area contributed by atoms with Gasteiger partial charge in [0.05, 0.1) is 14.2 Å². The van der Waals surface area contributed by atoms with Gasteiger partial charge in [-0.1, -0.05) is 31.2 Å².